The van der Waals surface area contributed by atoms with Gasteiger partial charge in [-0.15, -0.1) is 5.06 Å². The van der Waals surface area contributed by atoms with Crippen molar-refractivity contribution in [3.05, 3.63) is 10.1 Å². The van der Waals surface area contributed by atoms with Crippen molar-refractivity contribution >= 4 is 11.8 Å². The molecule has 2 saturated heterocycles. The van der Waals surface area contributed by atoms with E-state index in [-0.39, 0.29) is 12.3 Å². The summed E-state index contributed by atoms with van der Waals surface area (Å²) in [4.78, 5) is 39.0. The second-order valence-electron chi connectivity index (χ2n) is 5.80. The first-order valence-electron chi connectivity index (χ1n) is 7.26. The molecule has 9 nitrogen and oxygen atoms in total. The van der Waals surface area contributed by atoms with Crippen LogP contribution >= 0.6 is 0 Å². The van der Waals surface area contributed by atoms with E-state index in [2.05, 4.69) is 0 Å². The molecule has 2 rings (SSSR count). The van der Waals surface area contributed by atoms with E-state index in [1.165, 1.54) is 18.9 Å². The number of nitro groups is 1. The fourth-order valence-corrected chi connectivity index (χ4v) is 2.83. The maximum atomic E-state index is 12.2. The van der Waals surface area contributed by atoms with Gasteiger partial charge in [0, 0.05) is 23.8 Å². The minimum Gasteiger partial charge on any atom is -0.385 e. The Labute approximate surface area is 127 Å². The Morgan fingerprint density at radius 2 is 2.18 bits per heavy atom. The Hall–Kier alpha value is -1.58. The summed E-state index contributed by atoms with van der Waals surface area (Å²) in [6.45, 7) is 3.42. The van der Waals surface area contributed by atoms with Gasteiger partial charge in [-0.2, -0.15) is 0 Å². The summed E-state index contributed by atoms with van der Waals surface area (Å²) in [6, 6.07) is -1.28. The third-order valence-electron chi connectivity index (χ3n) is 4.12. The molecule has 0 radical (unpaired) electrons. The molecule has 0 amide bonds. The lowest BCUT2D eigenvalue weighted by atomic mass is 9.87. The van der Waals surface area contributed by atoms with E-state index in [4.69, 9.17) is 9.57 Å². The summed E-state index contributed by atoms with van der Waals surface area (Å²) in [5, 5.41) is 22.3. The Kier molecular flexibility index (Phi) is 5.09. The molecule has 0 aromatic rings. The van der Waals surface area contributed by atoms with Gasteiger partial charge in [-0.05, 0) is 13.3 Å². The maximum absolute atomic E-state index is 12.2. The van der Waals surface area contributed by atoms with E-state index in [0.717, 1.165) is 0 Å². The number of hydrogen-bond donors (Lipinski definition) is 1. The molecular formula is C13H20N2O7. The number of carbonyl (C=O) groups excluding carboxylic acids is 2. The van der Waals surface area contributed by atoms with Crippen molar-refractivity contribution in [2.24, 2.45) is 5.92 Å². The lowest BCUT2D eigenvalue weighted by Gasteiger charge is -2.37. The summed E-state index contributed by atoms with van der Waals surface area (Å²) in [6.07, 6.45) is -2.25. The number of Topliss-reactive ketones (excluding diaryl/α,β-unsaturated/α-hetero) is 1. The van der Waals surface area contributed by atoms with Gasteiger partial charge in [-0.3, -0.25) is 14.9 Å². The number of carbonyl (C=O) groups is 2. The van der Waals surface area contributed by atoms with E-state index in [0.29, 0.717) is 19.4 Å². The first-order chi connectivity index (χ1) is 10.3. The highest BCUT2D eigenvalue weighted by Gasteiger charge is 2.51. The summed E-state index contributed by atoms with van der Waals surface area (Å²) in [7, 11) is 0. The van der Waals surface area contributed by atoms with Crippen LogP contribution in [0.25, 0.3) is 0 Å². The SMILES string of the molecule is CC1OC(C(=O)ON2CCCC(=O)C2)C(C)C(O)C1[N+](=O)[O-]. The largest absolute Gasteiger partial charge is 0.385 e. The highest BCUT2D eigenvalue weighted by molar-refractivity contribution is 5.81. The van der Waals surface area contributed by atoms with Gasteiger partial charge >= 0.3 is 5.97 Å². The number of rotatable bonds is 3. The van der Waals surface area contributed by atoms with Crippen LogP contribution in [0.15, 0.2) is 0 Å². The predicted molar refractivity (Wildman–Crippen MR) is 72.2 cm³/mol. The van der Waals surface area contributed by atoms with Gasteiger partial charge in [0.2, 0.25) is 0 Å². The molecule has 0 saturated carbocycles. The zero-order valence-electron chi connectivity index (χ0n) is 12.5. The van der Waals surface area contributed by atoms with Crippen LogP contribution in [0.4, 0.5) is 0 Å². The second-order valence-corrected chi connectivity index (χ2v) is 5.80. The summed E-state index contributed by atoms with van der Waals surface area (Å²) >= 11 is 0. The number of hydroxylamine groups is 2. The van der Waals surface area contributed by atoms with Crippen LogP contribution in [0.2, 0.25) is 0 Å². The second kappa shape index (κ2) is 6.67. The van der Waals surface area contributed by atoms with Crippen LogP contribution in [0.3, 0.4) is 0 Å². The molecule has 0 aliphatic carbocycles. The van der Waals surface area contributed by atoms with Crippen molar-refractivity contribution in [3.63, 3.8) is 0 Å². The third kappa shape index (κ3) is 3.42. The normalized spacial score (nSPS) is 36.9. The van der Waals surface area contributed by atoms with Gasteiger partial charge in [-0.1, -0.05) is 6.92 Å². The van der Waals surface area contributed by atoms with Crippen molar-refractivity contribution < 1.29 is 29.2 Å². The van der Waals surface area contributed by atoms with Gasteiger partial charge in [0.25, 0.3) is 6.04 Å². The average molecular weight is 316 g/mol. The standard InChI is InChI=1S/C13H20N2O7/c1-7-11(17)10(15(19)20)8(2)21-12(7)13(18)22-14-5-3-4-9(16)6-14/h7-8,10-12,17H,3-6H2,1-2H3. The van der Waals surface area contributed by atoms with Crippen LogP contribution in [0.1, 0.15) is 26.7 Å². The molecule has 2 aliphatic rings. The molecule has 0 bridgehead atoms. The summed E-state index contributed by atoms with van der Waals surface area (Å²) in [5.41, 5.74) is 0. The minimum atomic E-state index is -1.31. The fraction of sp³-hybridized carbons (Fsp3) is 0.846. The number of hydrogen-bond acceptors (Lipinski definition) is 8. The number of piperidine rings is 1. The fourth-order valence-electron chi connectivity index (χ4n) is 2.83. The number of aliphatic hydroxyl groups is 1. The minimum absolute atomic E-state index is 0.0153. The molecule has 0 spiro atoms. The van der Waals surface area contributed by atoms with Crippen LogP contribution in [0.5, 0.6) is 0 Å². The summed E-state index contributed by atoms with van der Waals surface area (Å²) in [5.74, 6) is -1.53. The van der Waals surface area contributed by atoms with Gasteiger partial charge in [0.15, 0.2) is 6.10 Å². The number of ether oxygens (including phenoxy) is 1. The molecule has 0 aromatic heterocycles. The van der Waals surface area contributed by atoms with Gasteiger partial charge < -0.3 is 14.7 Å². The number of ketones is 1. The first-order valence-corrected chi connectivity index (χ1v) is 7.26. The van der Waals surface area contributed by atoms with Crippen LogP contribution in [-0.2, 0) is 19.2 Å². The molecular weight excluding hydrogens is 296 g/mol. The smallest absolute Gasteiger partial charge is 0.354 e. The average Bonchev–Trinajstić information content (AvgIpc) is 2.42. The highest BCUT2D eigenvalue weighted by atomic mass is 16.7. The van der Waals surface area contributed by atoms with Gasteiger partial charge in [0.05, 0.1) is 6.54 Å². The predicted octanol–water partition coefficient (Wildman–Crippen LogP) is -0.461. The zero-order valence-corrected chi connectivity index (χ0v) is 12.5. The Morgan fingerprint density at radius 1 is 1.50 bits per heavy atom. The molecule has 5 atom stereocenters. The Morgan fingerprint density at radius 3 is 2.77 bits per heavy atom. The quantitative estimate of drug-likeness (QED) is 0.548. The van der Waals surface area contributed by atoms with E-state index in [1.807, 2.05) is 0 Å². The molecule has 2 heterocycles. The topological polar surface area (TPSA) is 119 Å². The molecule has 22 heavy (non-hydrogen) atoms. The van der Waals surface area contributed by atoms with E-state index >= 15 is 0 Å². The van der Waals surface area contributed by atoms with Crippen molar-refractivity contribution in [1.29, 1.82) is 0 Å². The van der Waals surface area contributed by atoms with Crippen LogP contribution < -0.4 is 0 Å². The monoisotopic (exact) mass is 316 g/mol. The lowest BCUT2D eigenvalue weighted by Crippen LogP contribution is -2.58. The van der Waals surface area contributed by atoms with E-state index < -0.39 is 41.2 Å². The molecule has 2 aliphatic heterocycles. The molecule has 5 unspecified atom stereocenters. The van der Waals surface area contributed by atoms with Gasteiger partial charge in [-0.25, -0.2) is 4.79 Å². The third-order valence-corrected chi connectivity index (χ3v) is 4.12. The highest BCUT2D eigenvalue weighted by Crippen LogP contribution is 2.28. The van der Waals surface area contributed by atoms with Crippen LogP contribution in [-0.4, -0.2) is 64.3 Å². The first kappa shape index (κ1) is 16.8. The Balaban J connectivity index is 2.01. The molecule has 124 valence electrons. The number of aliphatic hydroxyl groups excluding tert-OH is 1. The number of nitrogens with zero attached hydrogens (tertiary/aromatic N) is 2. The van der Waals surface area contributed by atoms with Crippen molar-refractivity contribution in [2.45, 2.75) is 51.0 Å². The summed E-state index contributed by atoms with van der Waals surface area (Å²) < 4.78 is 5.39. The van der Waals surface area contributed by atoms with E-state index in [1.54, 1.807) is 0 Å². The molecule has 2 fully saturated rings. The molecule has 9 heteroatoms. The van der Waals surface area contributed by atoms with E-state index in [9.17, 15) is 24.8 Å². The van der Waals surface area contributed by atoms with Gasteiger partial charge in [0.1, 0.15) is 18.0 Å². The van der Waals surface area contributed by atoms with Crippen molar-refractivity contribution in [3.8, 4) is 0 Å². The molecule has 0 aromatic carbocycles. The van der Waals surface area contributed by atoms with Crippen LogP contribution in [0, 0.1) is 16.0 Å². The molecule has 1 N–H and O–H groups in total. The maximum Gasteiger partial charge on any atom is 0.354 e. The Bertz CT molecular complexity index is 469. The zero-order chi connectivity index (χ0) is 16.4. The van der Waals surface area contributed by atoms with Crippen molar-refractivity contribution in [1.82, 2.24) is 5.06 Å². The van der Waals surface area contributed by atoms with Crippen molar-refractivity contribution in [2.75, 3.05) is 13.1 Å². The lowest BCUT2D eigenvalue weighted by molar-refractivity contribution is -0.556.